The molecule has 4 N–H and O–H groups in total. The van der Waals surface area contributed by atoms with Gasteiger partial charge in [0.2, 0.25) is 0 Å². The van der Waals surface area contributed by atoms with Crippen LogP contribution in [0.2, 0.25) is 0 Å². The van der Waals surface area contributed by atoms with E-state index in [1.165, 1.54) is 18.2 Å². The van der Waals surface area contributed by atoms with Crippen LogP contribution < -0.4 is 4.74 Å². The third-order valence-corrected chi connectivity index (χ3v) is 5.39. The van der Waals surface area contributed by atoms with E-state index in [1.54, 1.807) is 6.08 Å². The second-order valence-electron chi connectivity index (χ2n) is 7.89. The Morgan fingerprint density at radius 3 is 2.66 bits per heavy atom. The van der Waals surface area contributed by atoms with Crippen molar-refractivity contribution in [1.82, 2.24) is 0 Å². The third-order valence-electron chi connectivity index (χ3n) is 5.39. The van der Waals surface area contributed by atoms with E-state index in [-0.39, 0.29) is 31.1 Å². The smallest absolute Gasteiger partial charge is 0.416 e. The van der Waals surface area contributed by atoms with Crippen molar-refractivity contribution < 1.29 is 43.1 Å². The number of alkyl halides is 3. The lowest BCUT2D eigenvalue weighted by atomic mass is 9.89. The van der Waals surface area contributed by atoms with Crippen LogP contribution in [0.4, 0.5) is 13.2 Å². The summed E-state index contributed by atoms with van der Waals surface area (Å²) >= 11 is 0. The van der Waals surface area contributed by atoms with Gasteiger partial charge in [-0.3, -0.25) is 4.79 Å². The van der Waals surface area contributed by atoms with Crippen molar-refractivity contribution in [3.05, 3.63) is 54.1 Å². The summed E-state index contributed by atoms with van der Waals surface area (Å²) in [6.45, 7) is -0.267. The SMILES string of the molecule is O=C(O)CCCC=CC[C@H]1C(O)CC(O)[C@@H]1C=CC(O)COc1cccc(C(F)(F)F)c1. The van der Waals surface area contributed by atoms with Gasteiger partial charge in [0.05, 0.1) is 17.8 Å². The van der Waals surface area contributed by atoms with E-state index < -0.39 is 41.9 Å². The minimum atomic E-state index is -4.49. The molecule has 9 heteroatoms. The zero-order valence-corrected chi connectivity index (χ0v) is 17.5. The van der Waals surface area contributed by atoms with Crippen molar-refractivity contribution in [3.63, 3.8) is 0 Å². The van der Waals surface area contributed by atoms with Gasteiger partial charge in [-0.15, -0.1) is 0 Å². The van der Waals surface area contributed by atoms with Crippen molar-refractivity contribution in [1.29, 1.82) is 0 Å². The van der Waals surface area contributed by atoms with Crippen LogP contribution in [-0.4, -0.2) is 51.3 Å². The number of rotatable bonds is 11. The van der Waals surface area contributed by atoms with E-state index in [0.29, 0.717) is 19.3 Å². The van der Waals surface area contributed by atoms with E-state index in [9.17, 15) is 33.3 Å². The molecule has 1 saturated carbocycles. The highest BCUT2D eigenvalue weighted by Gasteiger charge is 2.39. The largest absolute Gasteiger partial charge is 0.491 e. The van der Waals surface area contributed by atoms with Gasteiger partial charge in [-0.1, -0.05) is 30.4 Å². The number of allylic oxidation sites excluding steroid dienone is 2. The Hall–Kier alpha value is -2.36. The number of carboxylic acids is 1. The molecule has 0 saturated heterocycles. The van der Waals surface area contributed by atoms with Crippen LogP contribution in [0.1, 0.15) is 37.7 Å². The molecule has 1 fully saturated rings. The van der Waals surface area contributed by atoms with E-state index in [0.717, 1.165) is 12.1 Å². The van der Waals surface area contributed by atoms with Crippen molar-refractivity contribution in [2.24, 2.45) is 11.8 Å². The van der Waals surface area contributed by atoms with Gasteiger partial charge in [0, 0.05) is 18.8 Å². The van der Waals surface area contributed by atoms with E-state index in [4.69, 9.17) is 9.84 Å². The van der Waals surface area contributed by atoms with Crippen LogP contribution in [-0.2, 0) is 11.0 Å². The molecule has 2 rings (SSSR count). The standard InChI is InChI=1S/C23H29F3O6/c24-23(25,26)15-6-5-7-17(12-15)32-14-16(27)10-11-19-18(20(28)13-21(19)29)8-3-1-2-4-9-22(30)31/h1,3,5-7,10-12,16,18-21,27-29H,2,4,8-9,13-14H2,(H,30,31)/t16?,18-,19-,20?,21?/m1/s1. The van der Waals surface area contributed by atoms with Crippen molar-refractivity contribution in [2.75, 3.05) is 6.61 Å². The first-order valence-electron chi connectivity index (χ1n) is 10.5. The molecule has 0 aliphatic heterocycles. The van der Waals surface area contributed by atoms with Gasteiger partial charge in [-0.25, -0.2) is 0 Å². The maximum absolute atomic E-state index is 12.8. The molecule has 0 amide bonds. The van der Waals surface area contributed by atoms with Crippen LogP contribution in [0.5, 0.6) is 5.75 Å². The summed E-state index contributed by atoms with van der Waals surface area (Å²) in [5, 5.41) is 39.2. The summed E-state index contributed by atoms with van der Waals surface area (Å²) in [5.74, 6) is -1.55. The number of aliphatic carboxylic acids is 1. The molecule has 1 aromatic rings. The minimum absolute atomic E-state index is 0.0190. The van der Waals surface area contributed by atoms with Gasteiger partial charge in [0.15, 0.2) is 0 Å². The zero-order valence-electron chi connectivity index (χ0n) is 17.5. The van der Waals surface area contributed by atoms with Crippen LogP contribution in [0.3, 0.4) is 0 Å². The number of halogens is 3. The van der Waals surface area contributed by atoms with Crippen LogP contribution in [0, 0.1) is 11.8 Å². The number of ether oxygens (including phenoxy) is 1. The first-order chi connectivity index (χ1) is 15.1. The van der Waals surface area contributed by atoms with E-state index >= 15 is 0 Å². The lowest BCUT2D eigenvalue weighted by Crippen LogP contribution is -2.21. The molecule has 178 valence electrons. The molecule has 0 bridgehead atoms. The number of unbranched alkanes of at least 4 members (excludes halogenated alkanes) is 1. The van der Waals surface area contributed by atoms with Gasteiger partial charge >= 0.3 is 12.1 Å². The first kappa shape index (κ1) is 25.9. The number of carbonyl (C=O) groups is 1. The Morgan fingerprint density at radius 1 is 1.22 bits per heavy atom. The fraction of sp³-hybridized carbons (Fsp3) is 0.522. The highest BCUT2D eigenvalue weighted by atomic mass is 19.4. The quantitative estimate of drug-likeness (QED) is 0.298. The Bertz CT molecular complexity index is 792. The molecule has 1 aliphatic carbocycles. The molecule has 5 atom stereocenters. The first-order valence-corrected chi connectivity index (χ1v) is 10.5. The molecule has 1 aliphatic rings. The Balaban J connectivity index is 1.87. The molecule has 0 heterocycles. The van der Waals surface area contributed by atoms with Gasteiger partial charge in [-0.05, 0) is 43.4 Å². The topological polar surface area (TPSA) is 107 Å². The van der Waals surface area contributed by atoms with Crippen LogP contribution >= 0.6 is 0 Å². The van der Waals surface area contributed by atoms with Crippen molar-refractivity contribution in [3.8, 4) is 5.75 Å². The summed E-state index contributed by atoms with van der Waals surface area (Å²) in [6.07, 6.45) is 1.48. The second-order valence-corrected chi connectivity index (χ2v) is 7.89. The average molecular weight is 458 g/mol. The summed E-state index contributed by atoms with van der Waals surface area (Å²) in [7, 11) is 0. The van der Waals surface area contributed by atoms with Gasteiger partial charge in [0.1, 0.15) is 18.5 Å². The number of carboxylic acid groups (broad SMARTS) is 1. The fourth-order valence-corrected chi connectivity index (χ4v) is 3.70. The van der Waals surface area contributed by atoms with E-state index in [1.807, 2.05) is 12.2 Å². The number of hydrogen-bond acceptors (Lipinski definition) is 5. The zero-order chi connectivity index (χ0) is 23.7. The molecule has 1 aromatic carbocycles. The summed E-state index contributed by atoms with van der Waals surface area (Å²) in [4.78, 5) is 10.5. The molecule has 0 spiro atoms. The summed E-state index contributed by atoms with van der Waals surface area (Å²) in [5.41, 5.74) is -0.845. The average Bonchev–Trinajstić information content (AvgIpc) is 2.99. The Kier molecular flexibility index (Phi) is 9.74. The normalized spacial score (nSPS) is 24.9. The molecule has 32 heavy (non-hydrogen) atoms. The molecule has 0 radical (unpaired) electrons. The highest BCUT2D eigenvalue weighted by molar-refractivity contribution is 5.66. The van der Waals surface area contributed by atoms with Gasteiger partial charge in [-0.2, -0.15) is 13.2 Å². The van der Waals surface area contributed by atoms with Crippen LogP contribution in [0.15, 0.2) is 48.6 Å². The maximum atomic E-state index is 12.8. The monoisotopic (exact) mass is 458 g/mol. The number of hydrogen-bond donors (Lipinski definition) is 4. The summed E-state index contributed by atoms with van der Waals surface area (Å²) < 4.78 is 43.5. The molecular formula is C23H29F3O6. The number of benzene rings is 1. The minimum Gasteiger partial charge on any atom is -0.491 e. The van der Waals surface area contributed by atoms with Crippen LogP contribution in [0.25, 0.3) is 0 Å². The second kappa shape index (κ2) is 12.0. The molecule has 0 aromatic heterocycles. The number of aliphatic hydroxyl groups is 3. The highest BCUT2D eigenvalue weighted by Crippen LogP contribution is 2.36. The predicted molar refractivity (Wildman–Crippen MR) is 111 cm³/mol. The Labute approximate surface area is 184 Å². The maximum Gasteiger partial charge on any atom is 0.416 e. The summed E-state index contributed by atoms with van der Waals surface area (Å²) in [6, 6.07) is 4.36. The Morgan fingerprint density at radius 2 is 1.97 bits per heavy atom. The van der Waals surface area contributed by atoms with Crippen molar-refractivity contribution in [2.45, 2.75) is 56.6 Å². The lowest BCUT2D eigenvalue weighted by molar-refractivity contribution is -0.138. The molecule has 6 nitrogen and oxygen atoms in total. The lowest BCUT2D eigenvalue weighted by Gasteiger charge is -2.19. The molecule has 3 unspecified atom stereocenters. The number of aliphatic hydroxyl groups excluding tert-OH is 3. The predicted octanol–water partition coefficient (Wildman–Crippen LogP) is 3.56. The van der Waals surface area contributed by atoms with Gasteiger partial charge < -0.3 is 25.2 Å². The third kappa shape index (κ3) is 8.29. The van der Waals surface area contributed by atoms with E-state index in [2.05, 4.69) is 0 Å². The fourth-order valence-electron chi connectivity index (χ4n) is 3.70. The van der Waals surface area contributed by atoms with Crippen molar-refractivity contribution >= 4 is 5.97 Å². The molecular weight excluding hydrogens is 429 g/mol. The van der Waals surface area contributed by atoms with Gasteiger partial charge in [0.25, 0.3) is 0 Å².